The summed E-state index contributed by atoms with van der Waals surface area (Å²) >= 11 is 0. The summed E-state index contributed by atoms with van der Waals surface area (Å²) < 4.78 is 1.51. The van der Waals surface area contributed by atoms with Gasteiger partial charge in [0.05, 0.1) is 24.8 Å². The van der Waals surface area contributed by atoms with Crippen molar-refractivity contribution < 1.29 is 14.7 Å². The molecule has 3 N–H and O–H groups in total. The molecular weight excluding hydrogens is 346 g/mol. The normalized spacial score (nSPS) is 11.6. The number of nitrogens with zero attached hydrogens (tertiary/aromatic N) is 3. The van der Waals surface area contributed by atoms with Crippen LogP contribution in [0.15, 0.2) is 67.4 Å². The summed E-state index contributed by atoms with van der Waals surface area (Å²) in [6.45, 7) is 0.0402. The van der Waals surface area contributed by atoms with Crippen LogP contribution in [0.4, 0.5) is 5.69 Å². The van der Waals surface area contributed by atoms with Crippen LogP contribution in [0.1, 0.15) is 22.1 Å². The maximum atomic E-state index is 12.3. The molecule has 0 aliphatic carbocycles. The smallest absolute Gasteiger partial charge is 0.270 e. The summed E-state index contributed by atoms with van der Waals surface area (Å²) in [6.07, 6.45) is 5.98. The van der Waals surface area contributed by atoms with Gasteiger partial charge in [0.25, 0.3) is 5.91 Å². The SMILES string of the molecule is O=C(NCc1ccccc1)c1ccc(NC(=O)C(CO)n2ccnc2)cn1. The number of anilines is 1. The number of rotatable bonds is 7. The van der Waals surface area contributed by atoms with Crippen LogP contribution in [0.3, 0.4) is 0 Å². The van der Waals surface area contributed by atoms with Crippen molar-refractivity contribution in [1.82, 2.24) is 19.9 Å². The Balaban J connectivity index is 1.58. The molecule has 0 spiro atoms. The van der Waals surface area contributed by atoms with Gasteiger partial charge in [0.15, 0.2) is 0 Å². The van der Waals surface area contributed by atoms with Gasteiger partial charge >= 0.3 is 0 Å². The van der Waals surface area contributed by atoms with E-state index in [1.165, 1.54) is 29.4 Å². The fourth-order valence-corrected chi connectivity index (χ4v) is 2.46. The molecule has 3 rings (SSSR count). The molecule has 2 heterocycles. The number of aliphatic hydroxyl groups excluding tert-OH is 1. The number of imidazole rings is 1. The first-order valence-corrected chi connectivity index (χ1v) is 8.34. The maximum Gasteiger partial charge on any atom is 0.270 e. The summed E-state index contributed by atoms with van der Waals surface area (Å²) in [5.74, 6) is -0.707. The predicted molar refractivity (Wildman–Crippen MR) is 98.8 cm³/mol. The van der Waals surface area contributed by atoms with E-state index in [-0.39, 0.29) is 18.2 Å². The third-order valence-electron chi connectivity index (χ3n) is 3.92. The Kier molecular flexibility index (Phi) is 5.91. The lowest BCUT2D eigenvalue weighted by Gasteiger charge is -2.15. The molecule has 0 aliphatic heterocycles. The van der Waals surface area contributed by atoms with Crippen molar-refractivity contribution in [2.75, 3.05) is 11.9 Å². The Morgan fingerprint density at radius 2 is 1.96 bits per heavy atom. The van der Waals surface area contributed by atoms with Crippen LogP contribution in [0.2, 0.25) is 0 Å². The number of aromatic nitrogens is 3. The van der Waals surface area contributed by atoms with E-state index < -0.39 is 11.9 Å². The van der Waals surface area contributed by atoms with Crippen molar-refractivity contribution >= 4 is 17.5 Å². The third kappa shape index (κ3) is 4.77. The summed E-state index contributed by atoms with van der Waals surface area (Å²) in [4.78, 5) is 32.4. The summed E-state index contributed by atoms with van der Waals surface area (Å²) in [5.41, 5.74) is 1.67. The number of benzene rings is 1. The minimum atomic E-state index is -0.790. The molecule has 27 heavy (non-hydrogen) atoms. The Hall–Kier alpha value is -3.52. The molecular formula is C19H19N5O3. The van der Waals surface area contributed by atoms with Gasteiger partial charge in [0.2, 0.25) is 5.91 Å². The largest absolute Gasteiger partial charge is 0.394 e. The molecule has 1 atom stereocenters. The van der Waals surface area contributed by atoms with E-state index in [0.29, 0.717) is 12.2 Å². The van der Waals surface area contributed by atoms with Crippen molar-refractivity contribution in [3.8, 4) is 0 Å². The van der Waals surface area contributed by atoms with Crippen LogP contribution >= 0.6 is 0 Å². The lowest BCUT2D eigenvalue weighted by Crippen LogP contribution is -2.28. The summed E-state index contributed by atoms with van der Waals surface area (Å²) in [7, 11) is 0. The average Bonchev–Trinajstić information content (AvgIpc) is 3.22. The number of aliphatic hydroxyl groups is 1. The maximum absolute atomic E-state index is 12.3. The van der Waals surface area contributed by atoms with Crippen molar-refractivity contribution in [2.45, 2.75) is 12.6 Å². The zero-order valence-electron chi connectivity index (χ0n) is 14.4. The standard InChI is InChI=1S/C19H19N5O3/c25-12-17(24-9-8-20-13-24)19(27)23-15-6-7-16(21-11-15)18(26)22-10-14-4-2-1-3-5-14/h1-9,11,13,17,25H,10,12H2,(H,22,26)(H,23,27). The minimum absolute atomic E-state index is 0.247. The molecule has 0 saturated carbocycles. The Morgan fingerprint density at radius 1 is 1.15 bits per heavy atom. The number of pyridine rings is 1. The van der Waals surface area contributed by atoms with Crippen molar-refractivity contribution in [3.05, 3.63) is 78.6 Å². The highest BCUT2D eigenvalue weighted by Crippen LogP contribution is 2.12. The number of hydrogen-bond acceptors (Lipinski definition) is 5. The molecule has 0 aliphatic rings. The van der Waals surface area contributed by atoms with Crippen molar-refractivity contribution in [3.63, 3.8) is 0 Å². The van der Waals surface area contributed by atoms with Gasteiger partial charge in [0, 0.05) is 18.9 Å². The zero-order chi connectivity index (χ0) is 19.1. The van der Waals surface area contributed by atoms with Gasteiger partial charge in [-0.3, -0.25) is 9.59 Å². The first-order chi connectivity index (χ1) is 13.2. The molecule has 138 valence electrons. The van der Waals surface area contributed by atoms with Crippen molar-refractivity contribution in [2.24, 2.45) is 0 Å². The molecule has 0 saturated heterocycles. The van der Waals surface area contributed by atoms with Gasteiger partial charge in [-0.25, -0.2) is 9.97 Å². The second kappa shape index (κ2) is 8.72. The van der Waals surface area contributed by atoms with Crippen molar-refractivity contribution in [1.29, 1.82) is 0 Å². The monoisotopic (exact) mass is 365 g/mol. The number of nitrogens with one attached hydrogen (secondary N) is 2. The van der Waals surface area contributed by atoms with Crippen LogP contribution in [-0.4, -0.2) is 38.1 Å². The lowest BCUT2D eigenvalue weighted by atomic mass is 10.2. The number of amides is 2. The van der Waals surface area contributed by atoms with Crippen LogP contribution in [0.25, 0.3) is 0 Å². The van der Waals surface area contributed by atoms with E-state index in [0.717, 1.165) is 5.56 Å². The summed E-state index contributed by atoms with van der Waals surface area (Å²) in [6, 6.07) is 11.9. The molecule has 3 aromatic rings. The lowest BCUT2D eigenvalue weighted by molar-refractivity contribution is -0.120. The van der Waals surface area contributed by atoms with Gasteiger partial charge in [0.1, 0.15) is 11.7 Å². The zero-order valence-corrected chi connectivity index (χ0v) is 14.4. The molecule has 0 bridgehead atoms. The highest BCUT2D eigenvalue weighted by molar-refractivity contribution is 5.95. The number of hydrogen-bond donors (Lipinski definition) is 3. The van der Waals surface area contributed by atoms with E-state index in [4.69, 9.17) is 0 Å². The van der Waals surface area contributed by atoms with Gasteiger partial charge in [-0.2, -0.15) is 0 Å². The fourth-order valence-electron chi connectivity index (χ4n) is 2.46. The van der Waals surface area contributed by atoms with Gasteiger partial charge in [-0.15, -0.1) is 0 Å². The number of carbonyl (C=O) groups excluding carboxylic acids is 2. The van der Waals surface area contributed by atoms with E-state index >= 15 is 0 Å². The molecule has 2 amide bonds. The highest BCUT2D eigenvalue weighted by Gasteiger charge is 2.19. The molecule has 2 aromatic heterocycles. The van der Waals surface area contributed by atoms with E-state index in [2.05, 4.69) is 20.6 Å². The number of carbonyl (C=O) groups is 2. The Morgan fingerprint density at radius 3 is 2.59 bits per heavy atom. The fraction of sp³-hybridized carbons (Fsp3) is 0.158. The second-order valence-electron chi connectivity index (χ2n) is 5.80. The van der Waals surface area contributed by atoms with Crippen LogP contribution in [-0.2, 0) is 11.3 Å². The summed E-state index contributed by atoms with van der Waals surface area (Å²) in [5, 5.41) is 14.9. The second-order valence-corrected chi connectivity index (χ2v) is 5.80. The molecule has 0 fully saturated rings. The average molecular weight is 365 g/mol. The van der Waals surface area contributed by atoms with Crippen LogP contribution in [0, 0.1) is 0 Å². The molecule has 1 unspecified atom stereocenters. The highest BCUT2D eigenvalue weighted by atomic mass is 16.3. The van der Waals surface area contributed by atoms with E-state index in [1.54, 1.807) is 12.3 Å². The molecule has 8 nitrogen and oxygen atoms in total. The molecule has 1 aromatic carbocycles. The topological polar surface area (TPSA) is 109 Å². The van der Waals surface area contributed by atoms with E-state index in [9.17, 15) is 14.7 Å². The first kappa shape index (κ1) is 18.3. The van der Waals surface area contributed by atoms with Gasteiger partial charge in [-0.05, 0) is 17.7 Å². The quantitative estimate of drug-likeness (QED) is 0.586. The van der Waals surface area contributed by atoms with Crippen LogP contribution in [0.5, 0.6) is 0 Å². The third-order valence-corrected chi connectivity index (χ3v) is 3.92. The predicted octanol–water partition coefficient (Wildman–Crippen LogP) is 1.38. The molecule has 0 radical (unpaired) electrons. The van der Waals surface area contributed by atoms with Gasteiger partial charge in [-0.1, -0.05) is 30.3 Å². The molecule has 8 heteroatoms. The van der Waals surface area contributed by atoms with Gasteiger partial charge < -0.3 is 20.3 Å². The van der Waals surface area contributed by atoms with E-state index in [1.807, 2.05) is 30.3 Å². The van der Waals surface area contributed by atoms with Crippen LogP contribution < -0.4 is 10.6 Å². The minimum Gasteiger partial charge on any atom is -0.394 e. The Labute approximate surface area is 155 Å². The Bertz CT molecular complexity index is 879. The first-order valence-electron chi connectivity index (χ1n) is 8.34.